The summed E-state index contributed by atoms with van der Waals surface area (Å²) < 4.78 is 0. The van der Waals surface area contributed by atoms with E-state index in [0.29, 0.717) is 12.5 Å². The number of hydrogen-bond donors (Lipinski definition) is 1. The normalized spacial score (nSPS) is 14.4. The Morgan fingerprint density at radius 1 is 1.60 bits per heavy atom. The Labute approximate surface area is 62.9 Å². The molecule has 0 saturated heterocycles. The summed E-state index contributed by atoms with van der Waals surface area (Å²) in [7, 11) is 0. The molecule has 0 aromatic rings. The van der Waals surface area contributed by atoms with Crippen molar-refractivity contribution in [3.8, 4) is 0 Å². The lowest BCUT2D eigenvalue weighted by Gasteiger charge is -2.07. The minimum absolute atomic E-state index is 0.385. The quantitative estimate of drug-likeness (QED) is 0.588. The van der Waals surface area contributed by atoms with E-state index in [1.54, 1.807) is 6.08 Å². The van der Waals surface area contributed by atoms with Gasteiger partial charge in [-0.05, 0) is 18.0 Å². The van der Waals surface area contributed by atoms with Crippen LogP contribution in [0.3, 0.4) is 0 Å². The summed E-state index contributed by atoms with van der Waals surface area (Å²) >= 11 is 0. The third kappa shape index (κ3) is 2.65. The van der Waals surface area contributed by atoms with Gasteiger partial charge in [-0.2, -0.15) is 0 Å². The fourth-order valence-corrected chi connectivity index (χ4v) is 0.706. The van der Waals surface area contributed by atoms with Gasteiger partial charge in [0.05, 0.1) is 0 Å². The maximum Gasteiger partial charge on any atom is -0.00109 e. The molecule has 0 aromatic heterocycles. The molecule has 1 heteroatoms. The van der Waals surface area contributed by atoms with E-state index in [1.807, 2.05) is 12.2 Å². The first-order valence-corrected chi connectivity index (χ1v) is 3.41. The summed E-state index contributed by atoms with van der Waals surface area (Å²) in [6.07, 6.45) is 5.51. The third-order valence-electron chi connectivity index (χ3n) is 1.47. The molecule has 1 unspecified atom stereocenters. The first kappa shape index (κ1) is 9.18. The third-order valence-corrected chi connectivity index (χ3v) is 1.47. The molecular formula is C9H15N. The van der Waals surface area contributed by atoms with Crippen LogP contribution in [-0.2, 0) is 0 Å². The van der Waals surface area contributed by atoms with E-state index in [1.165, 1.54) is 0 Å². The molecule has 0 spiro atoms. The van der Waals surface area contributed by atoms with Crippen LogP contribution < -0.4 is 5.73 Å². The molecule has 0 saturated carbocycles. The summed E-state index contributed by atoms with van der Waals surface area (Å²) in [6.45, 7) is 10.0. The van der Waals surface area contributed by atoms with Gasteiger partial charge in [-0.25, -0.2) is 0 Å². The van der Waals surface area contributed by atoms with Crippen LogP contribution in [0.15, 0.2) is 37.0 Å². The monoisotopic (exact) mass is 137 g/mol. The highest BCUT2D eigenvalue weighted by molar-refractivity contribution is 5.23. The molecule has 56 valence electrons. The van der Waals surface area contributed by atoms with Gasteiger partial charge in [0.1, 0.15) is 0 Å². The average molecular weight is 137 g/mol. The maximum atomic E-state index is 5.46. The van der Waals surface area contributed by atoms with Gasteiger partial charge >= 0.3 is 0 Å². The van der Waals surface area contributed by atoms with Gasteiger partial charge in [-0.15, -0.1) is 0 Å². The van der Waals surface area contributed by atoms with Crippen LogP contribution in [-0.4, -0.2) is 6.54 Å². The Morgan fingerprint density at radius 3 is 2.50 bits per heavy atom. The fraction of sp³-hybridized carbons (Fsp3) is 0.333. The van der Waals surface area contributed by atoms with Gasteiger partial charge < -0.3 is 5.73 Å². The zero-order valence-electron chi connectivity index (χ0n) is 6.51. The van der Waals surface area contributed by atoms with Crippen molar-refractivity contribution < 1.29 is 0 Å². The molecule has 0 amide bonds. The van der Waals surface area contributed by atoms with Crippen molar-refractivity contribution in [1.29, 1.82) is 0 Å². The largest absolute Gasteiger partial charge is 0.330 e. The van der Waals surface area contributed by atoms with Gasteiger partial charge in [0, 0.05) is 0 Å². The summed E-state index contributed by atoms with van der Waals surface area (Å²) in [6, 6.07) is 0. The van der Waals surface area contributed by atoms with Crippen LogP contribution in [0.4, 0.5) is 0 Å². The topological polar surface area (TPSA) is 26.0 Å². The van der Waals surface area contributed by atoms with Crippen LogP contribution in [0.5, 0.6) is 0 Å². The van der Waals surface area contributed by atoms with Crippen molar-refractivity contribution in [2.45, 2.75) is 6.92 Å². The smallest absolute Gasteiger partial charge is 0.00109 e. The van der Waals surface area contributed by atoms with E-state index in [9.17, 15) is 0 Å². The van der Waals surface area contributed by atoms with Gasteiger partial charge in [0.25, 0.3) is 0 Å². The van der Waals surface area contributed by atoms with Crippen LogP contribution in [0.2, 0.25) is 0 Å². The molecule has 0 heterocycles. The Kier molecular flexibility index (Phi) is 4.59. The van der Waals surface area contributed by atoms with E-state index in [0.717, 1.165) is 5.57 Å². The highest BCUT2D eigenvalue weighted by Gasteiger charge is 1.99. The molecule has 0 rings (SSSR count). The van der Waals surface area contributed by atoms with Crippen LogP contribution in [0.1, 0.15) is 6.92 Å². The molecular weight excluding hydrogens is 122 g/mol. The Morgan fingerprint density at radius 2 is 2.20 bits per heavy atom. The first-order valence-electron chi connectivity index (χ1n) is 3.41. The van der Waals surface area contributed by atoms with Gasteiger partial charge in [-0.1, -0.05) is 38.3 Å². The Balaban J connectivity index is 4.18. The molecule has 1 nitrogen and oxygen atoms in total. The van der Waals surface area contributed by atoms with Gasteiger partial charge in [0.15, 0.2) is 0 Å². The Bertz CT molecular complexity index is 145. The summed E-state index contributed by atoms with van der Waals surface area (Å²) in [5.41, 5.74) is 6.61. The van der Waals surface area contributed by atoms with E-state index < -0.39 is 0 Å². The van der Waals surface area contributed by atoms with Crippen LogP contribution in [0, 0.1) is 5.92 Å². The molecule has 0 aliphatic rings. The molecule has 0 fully saturated rings. The maximum absolute atomic E-state index is 5.46. The van der Waals surface area contributed by atoms with E-state index in [4.69, 9.17) is 5.73 Å². The van der Waals surface area contributed by atoms with Crippen molar-refractivity contribution >= 4 is 0 Å². The number of hydrogen-bond acceptors (Lipinski definition) is 1. The predicted octanol–water partition coefficient (Wildman–Crippen LogP) is 1.88. The lowest BCUT2D eigenvalue weighted by molar-refractivity contribution is 0.710. The molecule has 0 aliphatic heterocycles. The summed E-state index contributed by atoms with van der Waals surface area (Å²) in [5, 5.41) is 0. The second-order valence-corrected chi connectivity index (χ2v) is 2.24. The van der Waals surface area contributed by atoms with E-state index in [-0.39, 0.29) is 0 Å². The van der Waals surface area contributed by atoms with Crippen LogP contribution >= 0.6 is 0 Å². The lowest BCUT2D eigenvalue weighted by atomic mass is 10.0. The predicted molar refractivity (Wildman–Crippen MR) is 46.7 cm³/mol. The van der Waals surface area contributed by atoms with Crippen molar-refractivity contribution in [2.75, 3.05) is 6.54 Å². The highest BCUT2D eigenvalue weighted by Crippen LogP contribution is 2.09. The van der Waals surface area contributed by atoms with E-state index >= 15 is 0 Å². The average Bonchev–Trinajstić information content (AvgIpc) is 1.99. The van der Waals surface area contributed by atoms with Crippen molar-refractivity contribution in [3.63, 3.8) is 0 Å². The minimum Gasteiger partial charge on any atom is -0.330 e. The zero-order valence-corrected chi connectivity index (χ0v) is 6.51. The number of nitrogens with two attached hydrogens (primary N) is 1. The standard InChI is InChI=1S/C9H15N/c1-4-6-9(5-2)8(3)7-10/h4-6,8H,1-2,7,10H2,3H3/b9-6+. The van der Waals surface area contributed by atoms with Crippen molar-refractivity contribution in [2.24, 2.45) is 11.7 Å². The van der Waals surface area contributed by atoms with Gasteiger partial charge in [-0.3, -0.25) is 0 Å². The summed E-state index contributed by atoms with van der Waals surface area (Å²) in [5.74, 6) is 0.385. The second-order valence-electron chi connectivity index (χ2n) is 2.24. The SMILES string of the molecule is C=C/C=C(\C=C)C(C)CN. The summed E-state index contributed by atoms with van der Waals surface area (Å²) in [4.78, 5) is 0. The number of rotatable bonds is 4. The zero-order chi connectivity index (χ0) is 7.98. The van der Waals surface area contributed by atoms with Crippen molar-refractivity contribution in [1.82, 2.24) is 0 Å². The minimum atomic E-state index is 0.385. The molecule has 0 aliphatic carbocycles. The lowest BCUT2D eigenvalue weighted by Crippen LogP contribution is -2.11. The van der Waals surface area contributed by atoms with Gasteiger partial charge in [0.2, 0.25) is 0 Å². The second kappa shape index (κ2) is 5.00. The first-order chi connectivity index (χ1) is 4.76. The molecule has 2 N–H and O–H groups in total. The molecule has 0 radical (unpaired) electrons. The van der Waals surface area contributed by atoms with Crippen LogP contribution in [0.25, 0.3) is 0 Å². The Hall–Kier alpha value is -0.820. The van der Waals surface area contributed by atoms with Crippen molar-refractivity contribution in [3.05, 3.63) is 37.0 Å². The fourth-order valence-electron chi connectivity index (χ4n) is 0.706. The molecule has 0 bridgehead atoms. The molecule has 10 heavy (non-hydrogen) atoms. The molecule has 0 aromatic carbocycles. The van der Waals surface area contributed by atoms with E-state index in [2.05, 4.69) is 20.1 Å². The molecule has 1 atom stereocenters. The number of allylic oxidation sites excluding steroid dienone is 3. The highest BCUT2D eigenvalue weighted by atomic mass is 14.5.